The highest BCUT2D eigenvalue weighted by molar-refractivity contribution is 5.94. The summed E-state index contributed by atoms with van der Waals surface area (Å²) in [5.41, 5.74) is 2.28. The molecule has 5 rings (SSSR count). The summed E-state index contributed by atoms with van der Waals surface area (Å²) in [5.74, 6) is 2.20. The first-order valence-corrected chi connectivity index (χ1v) is 9.55. The van der Waals surface area contributed by atoms with Crippen LogP contribution in [0.25, 0.3) is 22.7 Å². The Bertz CT molecular complexity index is 1150. The third kappa shape index (κ3) is 3.04. The van der Waals surface area contributed by atoms with Crippen molar-refractivity contribution in [2.75, 3.05) is 20.2 Å². The Hall–Kier alpha value is -3.61. The van der Waals surface area contributed by atoms with E-state index >= 15 is 0 Å². The summed E-state index contributed by atoms with van der Waals surface area (Å²) in [6.45, 7) is 1.28. The van der Waals surface area contributed by atoms with Crippen molar-refractivity contribution in [2.45, 2.75) is 12.5 Å². The third-order valence-corrected chi connectivity index (χ3v) is 5.34. The molecule has 4 aromatic rings. The second kappa shape index (κ2) is 7.09. The molecule has 7 heteroatoms. The van der Waals surface area contributed by atoms with Gasteiger partial charge in [0.05, 0.1) is 19.4 Å². The number of aromatic nitrogens is 3. The summed E-state index contributed by atoms with van der Waals surface area (Å²) < 4.78 is 12.9. The van der Waals surface area contributed by atoms with Crippen LogP contribution in [0.3, 0.4) is 0 Å². The van der Waals surface area contributed by atoms with Gasteiger partial charge in [-0.05, 0) is 55.0 Å². The number of carbonyl (C=O) groups excluding carboxylic acids is 1. The number of ether oxygens (including phenoxy) is 1. The van der Waals surface area contributed by atoms with Crippen molar-refractivity contribution < 1.29 is 13.9 Å². The molecule has 7 nitrogen and oxygen atoms in total. The number of pyridine rings is 1. The third-order valence-electron chi connectivity index (χ3n) is 5.34. The molecule has 0 spiro atoms. The maximum atomic E-state index is 13.0. The molecule has 0 aliphatic carbocycles. The standard InChI is InChI=1S/C22H20N4O3/c1-28-17-8-6-15(7-9-17)22(27)25-12-10-16(14-25)26-20-18(4-2-11-23-20)24-21(26)19-5-3-13-29-19/h2-9,11,13,16H,10,12,14H2,1H3/t16-/m1/s1. The molecule has 0 saturated carbocycles. The first kappa shape index (κ1) is 17.5. The van der Waals surface area contributed by atoms with Gasteiger partial charge in [0, 0.05) is 24.8 Å². The number of amides is 1. The van der Waals surface area contributed by atoms with E-state index < -0.39 is 0 Å². The van der Waals surface area contributed by atoms with Crippen LogP contribution in [-0.4, -0.2) is 45.5 Å². The maximum absolute atomic E-state index is 13.0. The largest absolute Gasteiger partial charge is 0.497 e. The van der Waals surface area contributed by atoms with E-state index in [0.29, 0.717) is 24.4 Å². The topological polar surface area (TPSA) is 73.4 Å². The summed E-state index contributed by atoms with van der Waals surface area (Å²) in [6.07, 6.45) is 4.24. The molecule has 1 aliphatic heterocycles. The molecule has 0 unspecified atom stereocenters. The van der Waals surface area contributed by atoms with Gasteiger partial charge in [0.25, 0.3) is 5.91 Å². The van der Waals surface area contributed by atoms with E-state index in [-0.39, 0.29) is 11.9 Å². The molecule has 146 valence electrons. The smallest absolute Gasteiger partial charge is 0.253 e. The fourth-order valence-corrected chi connectivity index (χ4v) is 3.91. The lowest BCUT2D eigenvalue weighted by atomic mass is 10.2. The number of furan rings is 1. The fraction of sp³-hybridized carbons (Fsp3) is 0.227. The molecule has 1 amide bonds. The first-order chi connectivity index (χ1) is 14.2. The van der Waals surface area contributed by atoms with E-state index in [9.17, 15) is 4.79 Å². The van der Waals surface area contributed by atoms with Gasteiger partial charge in [0.15, 0.2) is 17.2 Å². The number of imidazole rings is 1. The van der Waals surface area contributed by atoms with Gasteiger partial charge in [-0.15, -0.1) is 0 Å². The molecule has 1 aliphatic rings. The molecule has 0 N–H and O–H groups in total. The lowest BCUT2D eigenvalue weighted by Crippen LogP contribution is -2.29. The Morgan fingerprint density at radius 1 is 1.17 bits per heavy atom. The molecular formula is C22H20N4O3. The van der Waals surface area contributed by atoms with Crippen LogP contribution in [0.5, 0.6) is 5.75 Å². The number of carbonyl (C=O) groups is 1. The van der Waals surface area contributed by atoms with Crippen LogP contribution in [0, 0.1) is 0 Å². The number of likely N-dealkylation sites (tertiary alicyclic amines) is 1. The highest BCUT2D eigenvalue weighted by atomic mass is 16.5. The highest BCUT2D eigenvalue weighted by Gasteiger charge is 2.31. The number of methoxy groups -OCH3 is 1. The van der Waals surface area contributed by atoms with Gasteiger partial charge < -0.3 is 18.6 Å². The van der Waals surface area contributed by atoms with Crippen LogP contribution < -0.4 is 4.74 Å². The second-order valence-electron chi connectivity index (χ2n) is 7.05. The Morgan fingerprint density at radius 2 is 2.03 bits per heavy atom. The minimum atomic E-state index is 0.0204. The summed E-state index contributed by atoms with van der Waals surface area (Å²) in [5, 5.41) is 0. The maximum Gasteiger partial charge on any atom is 0.253 e. The van der Waals surface area contributed by atoms with Gasteiger partial charge in [0.2, 0.25) is 0 Å². The molecule has 3 aromatic heterocycles. The highest BCUT2D eigenvalue weighted by Crippen LogP contribution is 2.32. The molecule has 1 saturated heterocycles. The van der Waals surface area contributed by atoms with Gasteiger partial charge in [0.1, 0.15) is 11.3 Å². The van der Waals surface area contributed by atoms with Gasteiger partial charge in [-0.25, -0.2) is 9.97 Å². The van der Waals surface area contributed by atoms with Crippen molar-refractivity contribution in [3.63, 3.8) is 0 Å². The van der Waals surface area contributed by atoms with Crippen molar-refractivity contribution in [3.05, 3.63) is 66.6 Å². The average Bonchev–Trinajstić information content (AvgIpc) is 3.52. The number of fused-ring (bicyclic) bond motifs is 1. The van der Waals surface area contributed by atoms with E-state index in [1.165, 1.54) is 0 Å². The molecule has 1 atom stereocenters. The van der Waals surface area contributed by atoms with Crippen LogP contribution in [-0.2, 0) is 0 Å². The van der Waals surface area contributed by atoms with Gasteiger partial charge in [-0.3, -0.25) is 4.79 Å². The predicted octanol–water partition coefficient (Wildman–Crippen LogP) is 3.79. The zero-order chi connectivity index (χ0) is 19.8. The minimum Gasteiger partial charge on any atom is -0.497 e. The van der Waals surface area contributed by atoms with Gasteiger partial charge in [-0.1, -0.05) is 0 Å². The minimum absolute atomic E-state index is 0.0204. The lowest BCUT2D eigenvalue weighted by molar-refractivity contribution is 0.0788. The normalized spacial score (nSPS) is 16.4. The summed E-state index contributed by atoms with van der Waals surface area (Å²) >= 11 is 0. The Labute approximate surface area is 167 Å². The van der Waals surface area contributed by atoms with Crippen LogP contribution in [0.15, 0.2) is 65.4 Å². The first-order valence-electron chi connectivity index (χ1n) is 9.55. The van der Waals surface area contributed by atoms with Crippen molar-refractivity contribution in [1.29, 1.82) is 0 Å². The lowest BCUT2D eigenvalue weighted by Gasteiger charge is -2.18. The number of hydrogen-bond donors (Lipinski definition) is 0. The molecule has 4 heterocycles. The molecule has 29 heavy (non-hydrogen) atoms. The van der Waals surface area contributed by atoms with Crippen molar-refractivity contribution in [3.8, 4) is 17.3 Å². The zero-order valence-corrected chi connectivity index (χ0v) is 16.0. The van der Waals surface area contributed by atoms with E-state index in [1.54, 1.807) is 31.7 Å². The molecular weight excluding hydrogens is 368 g/mol. The van der Waals surface area contributed by atoms with Crippen LogP contribution >= 0.6 is 0 Å². The van der Waals surface area contributed by atoms with Crippen LogP contribution in [0.4, 0.5) is 0 Å². The molecule has 0 bridgehead atoms. The molecule has 0 radical (unpaired) electrons. The van der Waals surface area contributed by atoms with Gasteiger partial charge >= 0.3 is 0 Å². The van der Waals surface area contributed by atoms with Crippen molar-refractivity contribution in [1.82, 2.24) is 19.4 Å². The Morgan fingerprint density at radius 3 is 2.79 bits per heavy atom. The summed E-state index contributed by atoms with van der Waals surface area (Å²) in [6, 6.07) is 14.9. The Balaban J connectivity index is 1.46. The second-order valence-corrected chi connectivity index (χ2v) is 7.05. The Kier molecular flexibility index (Phi) is 4.27. The van der Waals surface area contributed by atoms with Crippen LogP contribution in [0.1, 0.15) is 22.8 Å². The molecule has 1 fully saturated rings. The summed E-state index contributed by atoms with van der Waals surface area (Å²) in [4.78, 5) is 24.1. The summed E-state index contributed by atoms with van der Waals surface area (Å²) in [7, 11) is 1.61. The number of hydrogen-bond acceptors (Lipinski definition) is 5. The number of nitrogens with zero attached hydrogens (tertiary/aromatic N) is 4. The van der Waals surface area contributed by atoms with Crippen molar-refractivity contribution >= 4 is 17.1 Å². The van der Waals surface area contributed by atoms with Crippen molar-refractivity contribution in [2.24, 2.45) is 0 Å². The predicted molar refractivity (Wildman–Crippen MR) is 108 cm³/mol. The fourth-order valence-electron chi connectivity index (χ4n) is 3.91. The van der Waals surface area contributed by atoms with Crippen LogP contribution in [0.2, 0.25) is 0 Å². The number of rotatable bonds is 4. The quantitative estimate of drug-likeness (QED) is 0.532. The zero-order valence-electron chi connectivity index (χ0n) is 16.0. The average molecular weight is 388 g/mol. The molecule has 1 aromatic carbocycles. The monoisotopic (exact) mass is 388 g/mol. The van der Waals surface area contributed by atoms with E-state index in [2.05, 4.69) is 9.55 Å². The van der Waals surface area contributed by atoms with E-state index in [0.717, 1.165) is 29.2 Å². The number of benzene rings is 1. The van der Waals surface area contributed by atoms with E-state index in [4.69, 9.17) is 14.1 Å². The SMILES string of the molecule is COc1ccc(C(=O)N2CC[C@@H](n3c(-c4ccco4)nc4cccnc43)C2)cc1. The van der Waals surface area contributed by atoms with Gasteiger partial charge in [-0.2, -0.15) is 0 Å². The van der Waals surface area contributed by atoms with E-state index in [1.807, 2.05) is 41.3 Å².